The first-order chi connectivity index (χ1) is 18.4. The number of nitrogens with zero attached hydrogens (tertiary/aromatic N) is 7. The van der Waals surface area contributed by atoms with Crippen LogP contribution in [0.3, 0.4) is 0 Å². The smallest absolute Gasteiger partial charge is 0.332 e. The predicted molar refractivity (Wildman–Crippen MR) is 151 cm³/mol. The van der Waals surface area contributed by atoms with Crippen molar-refractivity contribution in [1.82, 2.24) is 28.7 Å². The summed E-state index contributed by atoms with van der Waals surface area (Å²) in [7, 11) is 1.64. The molecule has 1 aliphatic rings. The van der Waals surface area contributed by atoms with Gasteiger partial charge in [-0.15, -0.1) is 17.3 Å². The van der Waals surface area contributed by atoms with E-state index in [1.54, 1.807) is 25.3 Å². The number of benzene rings is 1. The Labute approximate surface area is 222 Å². The van der Waals surface area contributed by atoms with Crippen LogP contribution in [-0.2, 0) is 20.1 Å². The molecule has 1 fully saturated rings. The van der Waals surface area contributed by atoms with Gasteiger partial charge in [-0.3, -0.25) is 18.5 Å². The van der Waals surface area contributed by atoms with E-state index < -0.39 is 11.2 Å². The van der Waals surface area contributed by atoms with Crippen LogP contribution in [0.1, 0.15) is 31.3 Å². The number of aryl methyl sites for hydroxylation is 2. The molecule has 5 heterocycles. The molecule has 0 amide bonds. The molecule has 0 aliphatic carbocycles. The first-order valence-corrected chi connectivity index (χ1v) is 13.4. The number of thiophene rings is 1. The van der Waals surface area contributed by atoms with E-state index in [9.17, 15) is 9.59 Å². The number of hydrogen-bond acceptors (Lipinski definition) is 8. The molecule has 0 bridgehead atoms. The Bertz CT molecular complexity index is 1900. The summed E-state index contributed by atoms with van der Waals surface area (Å²) < 4.78 is 6.55. The molecule has 0 spiro atoms. The van der Waals surface area contributed by atoms with Crippen LogP contribution in [0, 0.1) is 18.8 Å². The third kappa shape index (κ3) is 3.88. The van der Waals surface area contributed by atoms with Gasteiger partial charge >= 0.3 is 5.69 Å². The van der Waals surface area contributed by atoms with Gasteiger partial charge in [-0.2, -0.15) is 4.98 Å². The Balaban J connectivity index is 1.53. The number of anilines is 1. The highest BCUT2D eigenvalue weighted by Gasteiger charge is 2.26. The summed E-state index contributed by atoms with van der Waals surface area (Å²) in [6.45, 7) is 5.34. The molecular weight excluding hydrogens is 500 g/mol. The summed E-state index contributed by atoms with van der Waals surface area (Å²) in [5.74, 6) is 7.00. The summed E-state index contributed by atoms with van der Waals surface area (Å²) in [5, 5.41) is 1.04. The standard InChI is InChI=1S/C27H28N8O2S/c1-4-5-13-34-22-24(31-26(34)33-12-8-9-17(28)14-33)32(3)27(37)35(25(22)36)15-20-29-16(2)23-21(30-20)18-10-6-7-11-19(18)38-23/h6-7,10-11,17H,8-9,12-15,28H2,1-3H3/t17-/m1/s1. The van der Waals surface area contributed by atoms with Crippen molar-refractivity contribution < 1.29 is 0 Å². The van der Waals surface area contributed by atoms with Gasteiger partial charge < -0.3 is 10.6 Å². The second kappa shape index (κ2) is 9.38. The van der Waals surface area contributed by atoms with E-state index in [4.69, 9.17) is 15.7 Å². The Morgan fingerprint density at radius 1 is 1.16 bits per heavy atom. The molecule has 11 heteroatoms. The summed E-state index contributed by atoms with van der Waals surface area (Å²) in [5.41, 5.74) is 7.67. The van der Waals surface area contributed by atoms with Gasteiger partial charge in [0.25, 0.3) is 5.56 Å². The minimum absolute atomic E-state index is 0.0261. The highest BCUT2D eigenvalue weighted by atomic mass is 32.1. The quantitative estimate of drug-likeness (QED) is 0.356. The maximum atomic E-state index is 13.9. The molecule has 10 nitrogen and oxygen atoms in total. The van der Waals surface area contributed by atoms with E-state index in [0.717, 1.165) is 45.4 Å². The van der Waals surface area contributed by atoms with Crippen LogP contribution in [0.5, 0.6) is 0 Å². The highest BCUT2D eigenvalue weighted by molar-refractivity contribution is 7.25. The molecule has 1 saturated heterocycles. The Morgan fingerprint density at radius 3 is 2.76 bits per heavy atom. The molecule has 2 N–H and O–H groups in total. The average molecular weight is 529 g/mol. The lowest BCUT2D eigenvalue weighted by Gasteiger charge is -2.31. The zero-order valence-corrected chi connectivity index (χ0v) is 22.4. The van der Waals surface area contributed by atoms with Gasteiger partial charge in [-0.25, -0.2) is 14.8 Å². The predicted octanol–water partition coefficient (Wildman–Crippen LogP) is 2.36. The van der Waals surface area contributed by atoms with Crippen molar-refractivity contribution >= 4 is 48.8 Å². The molecule has 38 heavy (non-hydrogen) atoms. The van der Waals surface area contributed by atoms with Crippen LogP contribution >= 0.6 is 11.3 Å². The van der Waals surface area contributed by atoms with Crippen LogP contribution in [-0.4, -0.2) is 47.8 Å². The minimum atomic E-state index is -0.466. The van der Waals surface area contributed by atoms with E-state index in [-0.39, 0.29) is 19.1 Å². The molecule has 1 atom stereocenters. The van der Waals surface area contributed by atoms with Crippen molar-refractivity contribution in [3.05, 3.63) is 56.6 Å². The molecular formula is C27H28N8O2S. The Kier molecular flexibility index (Phi) is 6.01. The van der Waals surface area contributed by atoms with Crippen molar-refractivity contribution in [1.29, 1.82) is 0 Å². The SMILES string of the molecule is CC#CCn1c(N2CCC[C@@H](N)C2)nc2c1c(=O)n(Cc1nc(C)c3sc4ccccc4c3n1)c(=O)n2C. The Morgan fingerprint density at radius 2 is 1.97 bits per heavy atom. The first kappa shape index (κ1) is 24.3. The normalized spacial score (nSPS) is 15.9. The lowest BCUT2D eigenvalue weighted by Crippen LogP contribution is -2.44. The van der Waals surface area contributed by atoms with E-state index >= 15 is 0 Å². The zero-order chi connectivity index (χ0) is 26.6. The van der Waals surface area contributed by atoms with E-state index in [2.05, 4.69) is 27.8 Å². The third-order valence-corrected chi connectivity index (χ3v) is 8.37. The van der Waals surface area contributed by atoms with Crippen molar-refractivity contribution in [3.63, 3.8) is 0 Å². The van der Waals surface area contributed by atoms with E-state index in [0.29, 0.717) is 29.5 Å². The number of rotatable bonds is 4. The van der Waals surface area contributed by atoms with Gasteiger partial charge in [0.15, 0.2) is 11.2 Å². The second-order valence-electron chi connectivity index (χ2n) is 9.68. The Hall–Kier alpha value is -4.01. The van der Waals surface area contributed by atoms with Gasteiger partial charge in [0.05, 0.1) is 29.0 Å². The number of imidazole rings is 1. The molecule has 1 aliphatic heterocycles. The number of piperidine rings is 1. The molecule has 1 aromatic carbocycles. The van der Waals surface area contributed by atoms with Crippen molar-refractivity contribution in [2.45, 2.75) is 45.8 Å². The van der Waals surface area contributed by atoms with Crippen LogP contribution < -0.4 is 21.9 Å². The second-order valence-corrected chi connectivity index (χ2v) is 10.7. The fourth-order valence-electron chi connectivity index (χ4n) is 5.24. The van der Waals surface area contributed by atoms with Crippen LogP contribution in [0.15, 0.2) is 33.9 Å². The molecule has 4 aromatic heterocycles. The van der Waals surface area contributed by atoms with Gasteiger partial charge in [-0.05, 0) is 32.8 Å². The van der Waals surface area contributed by atoms with Crippen LogP contribution in [0.4, 0.5) is 5.95 Å². The fourth-order valence-corrected chi connectivity index (χ4v) is 6.33. The van der Waals surface area contributed by atoms with Crippen LogP contribution in [0.2, 0.25) is 0 Å². The van der Waals surface area contributed by atoms with E-state index in [1.807, 2.05) is 29.7 Å². The summed E-state index contributed by atoms with van der Waals surface area (Å²) >= 11 is 1.64. The molecule has 0 saturated carbocycles. The van der Waals surface area contributed by atoms with Crippen LogP contribution in [0.25, 0.3) is 31.5 Å². The maximum Gasteiger partial charge on any atom is 0.332 e. The third-order valence-electron chi connectivity index (χ3n) is 7.10. The molecule has 194 valence electrons. The van der Waals surface area contributed by atoms with Gasteiger partial charge in [0.2, 0.25) is 5.95 Å². The molecule has 0 radical (unpaired) electrons. The van der Waals surface area contributed by atoms with Crippen molar-refractivity contribution in [2.75, 3.05) is 18.0 Å². The monoisotopic (exact) mass is 528 g/mol. The van der Waals surface area contributed by atoms with Gasteiger partial charge in [0.1, 0.15) is 5.82 Å². The number of nitrogens with two attached hydrogens (primary N) is 1. The molecule has 0 unspecified atom stereocenters. The summed E-state index contributed by atoms with van der Waals surface area (Å²) in [6.07, 6.45) is 1.88. The number of fused-ring (bicyclic) bond motifs is 4. The molecule has 5 aromatic rings. The lowest BCUT2D eigenvalue weighted by molar-refractivity contribution is 0.496. The number of aromatic nitrogens is 6. The average Bonchev–Trinajstić information content (AvgIpc) is 3.48. The van der Waals surface area contributed by atoms with Crippen molar-refractivity contribution in [2.24, 2.45) is 12.8 Å². The maximum absolute atomic E-state index is 13.9. The minimum Gasteiger partial charge on any atom is -0.341 e. The lowest BCUT2D eigenvalue weighted by atomic mass is 10.1. The summed E-state index contributed by atoms with van der Waals surface area (Å²) in [6, 6.07) is 8.09. The van der Waals surface area contributed by atoms with Gasteiger partial charge in [-0.1, -0.05) is 24.1 Å². The van der Waals surface area contributed by atoms with E-state index in [1.165, 1.54) is 9.13 Å². The van der Waals surface area contributed by atoms with Gasteiger partial charge in [0, 0.05) is 36.3 Å². The van der Waals surface area contributed by atoms with Crippen molar-refractivity contribution in [3.8, 4) is 11.8 Å². The highest BCUT2D eigenvalue weighted by Crippen LogP contribution is 2.33. The summed E-state index contributed by atoms with van der Waals surface area (Å²) in [4.78, 5) is 43.7. The number of hydrogen-bond donors (Lipinski definition) is 1. The first-order valence-electron chi connectivity index (χ1n) is 12.6. The zero-order valence-electron chi connectivity index (χ0n) is 21.6. The topological polar surface area (TPSA) is 117 Å². The largest absolute Gasteiger partial charge is 0.341 e. The molecule has 6 rings (SSSR count). The fraction of sp³-hybridized carbons (Fsp3) is 0.370.